The third-order valence-corrected chi connectivity index (χ3v) is 3.40. The summed E-state index contributed by atoms with van der Waals surface area (Å²) in [6, 6.07) is 20.7. The van der Waals surface area contributed by atoms with Gasteiger partial charge >= 0.3 is 0 Å². The van der Waals surface area contributed by atoms with E-state index in [9.17, 15) is 0 Å². The lowest BCUT2D eigenvalue weighted by molar-refractivity contribution is 0.241. The van der Waals surface area contributed by atoms with Crippen LogP contribution >= 0.6 is 0 Å². The van der Waals surface area contributed by atoms with Gasteiger partial charge in [-0.1, -0.05) is 60.7 Å². The molecule has 0 bridgehead atoms. The maximum absolute atomic E-state index is 7.60. The summed E-state index contributed by atoms with van der Waals surface area (Å²) in [4.78, 5) is 2.24. The summed E-state index contributed by atoms with van der Waals surface area (Å²) in [5.41, 5.74) is 8.08. The Hall–Kier alpha value is -2.13. The zero-order chi connectivity index (χ0) is 14.4. The highest BCUT2D eigenvalue weighted by Gasteiger charge is 2.18. The van der Waals surface area contributed by atoms with Gasteiger partial charge < -0.3 is 5.73 Å². The monoisotopic (exact) mass is 267 g/mol. The number of hydrogen-bond acceptors (Lipinski definition) is 2. The van der Waals surface area contributed by atoms with Crippen molar-refractivity contribution in [2.24, 2.45) is 5.73 Å². The van der Waals surface area contributed by atoms with E-state index in [0.29, 0.717) is 6.42 Å². The molecule has 2 aromatic rings. The topological polar surface area (TPSA) is 53.1 Å². The molecule has 2 rings (SSSR count). The lowest BCUT2D eigenvalue weighted by Crippen LogP contribution is -2.28. The molecule has 0 aliphatic rings. The Bertz CT molecular complexity index is 537. The van der Waals surface area contributed by atoms with E-state index in [-0.39, 0.29) is 11.9 Å². The average Bonchev–Trinajstić information content (AvgIpc) is 2.46. The van der Waals surface area contributed by atoms with E-state index in [1.165, 1.54) is 11.1 Å². The summed E-state index contributed by atoms with van der Waals surface area (Å²) in [5.74, 6) is 0.221. The van der Waals surface area contributed by atoms with Crippen molar-refractivity contribution in [2.45, 2.75) is 19.0 Å². The van der Waals surface area contributed by atoms with Crippen molar-refractivity contribution in [1.29, 1.82) is 5.41 Å². The van der Waals surface area contributed by atoms with Crippen molar-refractivity contribution in [1.82, 2.24) is 4.90 Å². The van der Waals surface area contributed by atoms with E-state index in [2.05, 4.69) is 36.2 Å². The second-order valence-electron chi connectivity index (χ2n) is 5.06. The van der Waals surface area contributed by atoms with Crippen molar-refractivity contribution in [3.63, 3.8) is 0 Å². The fourth-order valence-corrected chi connectivity index (χ4v) is 2.39. The van der Waals surface area contributed by atoms with Gasteiger partial charge in [-0.2, -0.15) is 0 Å². The standard InChI is InChI=1S/C17H21N3/c1-20(13-14-8-4-2-5-9-14)16(12-17(18)19)15-10-6-3-7-11-15/h2-11,16H,12-13H2,1H3,(H3,18,19). The molecule has 0 amide bonds. The quantitative estimate of drug-likeness (QED) is 0.624. The van der Waals surface area contributed by atoms with E-state index >= 15 is 0 Å². The minimum atomic E-state index is 0.133. The van der Waals surface area contributed by atoms with Gasteiger partial charge in [-0.05, 0) is 18.2 Å². The van der Waals surface area contributed by atoms with Crippen molar-refractivity contribution in [2.75, 3.05) is 7.05 Å². The molecule has 2 aromatic carbocycles. The molecule has 20 heavy (non-hydrogen) atoms. The van der Waals surface area contributed by atoms with E-state index in [0.717, 1.165) is 6.54 Å². The molecule has 0 spiro atoms. The van der Waals surface area contributed by atoms with Gasteiger partial charge in [0.25, 0.3) is 0 Å². The molecule has 0 fully saturated rings. The Morgan fingerprint density at radius 3 is 2.15 bits per heavy atom. The molecule has 3 nitrogen and oxygen atoms in total. The fraction of sp³-hybridized carbons (Fsp3) is 0.235. The minimum absolute atomic E-state index is 0.133. The van der Waals surface area contributed by atoms with Gasteiger partial charge in [0.1, 0.15) is 0 Å². The number of hydrogen-bond donors (Lipinski definition) is 2. The van der Waals surface area contributed by atoms with Gasteiger partial charge in [-0.15, -0.1) is 0 Å². The van der Waals surface area contributed by atoms with Crippen LogP contribution in [0.1, 0.15) is 23.6 Å². The molecule has 0 aliphatic heterocycles. The van der Waals surface area contributed by atoms with Crippen LogP contribution in [-0.4, -0.2) is 17.8 Å². The third-order valence-electron chi connectivity index (χ3n) is 3.40. The summed E-state index contributed by atoms with van der Waals surface area (Å²) in [6.45, 7) is 0.841. The predicted octanol–water partition coefficient (Wildman–Crippen LogP) is 3.19. The second kappa shape index (κ2) is 6.87. The average molecular weight is 267 g/mol. The Morgan fingerprint density at radius 2 is 1.60 bits per heavy atom. The van der Waals surface area contributed by atoms with Crippen LogP contribution in [0.2, 0.25) is 0 Å². The van der Waals surface area contributed by atoms with Gasteiger partial charge in [-0.25, -0.2) is 0 Å². The first-order chi connectivity index (χ1) is 9.66. The molecule has 0 heterocycles. The second-order valence-corrected chi connectivity index (χ2v) is 5.06. The molecule has 0 saturated heterocycles. The lowest BCUT2D eigenvalue weighted by Gasteiger charge is -2.28. The van der Waals surface area contributed by atoms with Crippen LogP contribution in [0.25, 0.3) is 0 Å². The molecule has 1 unspecified atom stereocenters. The zero-order valence-electron chi connectivity index (χ0n) is 11.8. The predicted molar refractivity (Wildman–Crippen MR) is 83.6 cm³/mol. The van der Waals surface area contributed by atoms with E-state index in [1.807, 2.05) is 36.4 Å². The molecule has 104 valence electrons. The highest BCUT2D eigenvalue weighted by molar-refractivity contribution is 5.77. The molecule has 0 radical (unpaired) electrons. The van der Waals surface area contributed by atoms with Crippen molar-refractivity contribution >= 4 is 5.84 Å². The van der Waals surface area contributed by atoms with Gasteiger partial charge in [0.2, 0.25) is 0 Å². The number of nitrogens with two attached hydrogens (primary N) is 1. The van der Waals surface area contributed by atoms with E-state index in [4.69, 9.17) is 11.1 Å². The van der Waals surface area contributed by atoms with Crippen LogP contribution < -0.4 is 5.73 Å². The fourth-order valence-electron chi connectivity index (χ4n) is 2.39. The first-order valence-corrected chi connectivity index (χ1v) is 6.79. The molecule has 1 atom stereocenters. The number of benzene rings is 2. The summed E-state index contributed by atoms with van der Waals surface area (Å²) < 4.78 is 0. The van der Waals surface area contributed by atoms with Crippen molar-refractivity contribution in [3.8, 4) is 0 Å². The minimum Gasteiger partial charge on any atom is -0.388 e. The molecule has 0 aliphatic carbocycles. The van der Waals surface area contributed by atoms with Crippen LogP contribution in [0, 0.1) is 5.41 Å². The molecular weight excluding hydrogens is 246 g/mol. The van der Waals surface area contributed by atoms with Gasteiger partial charge in [-0.3, -0.25) is 10.3 Å². The summed E-state index contributed by atoms with van der Waals surface area (Å²) in [5, 5.41) is 7.60. The van der Waals surface area contributed by atoms with Gasteiger partial charge in [0, 0.05) is 19.0 Å². The van der Waals surface area contributed by atoms with Crippen LogP contribution in [0.4, 0.5) is 0 Å². The van der Waals surface area contributed by atoms with Crippen LogP contribution in [0.5, 0.6) is 0 Å². The van der Waals surface area contributed by atoms with E-state index in [1.54, 1.807) is 0 Å². The number of nitrogens with zero attached hydrogens (tertiary/aromatic N) is 1. The maximum atomic E-state index is 7.60. The van der Waals surface area contributed by atoms with Crippen LogP contribution in [0.15, 0.2) is 60.7 Å². The summed E-state index contributed by atoms with van der Waals surface area (Å²) in [7, 11) is 2.08. The SMILES string of the molecule is CN(Cc1ccccc1)C(CC(=N)N)c1ccccc1. The van der Waals surface area contributed by atoms with Gasteiger partial charge in [0.05, 0.1) is 5.84 Å². The molecule has 3 N–H and O–H groups in total. The molecule has 0 aromatic heterocycles. The zero-order valence-corrected chi connectivity index (χ0v) is 11.8. The Kier molecular flexibility index (Phi) is 4.91. The normalized spacial score (nSPS) is 12.3. The maximum Gasteiger partial charge on any atom is 0.0924 e. The van der Waals surface area contributed by atoms with E-state index < -0.39 is 0 Å². The van der Waals surface area contributed by atoms with Crippen molar-refractivity contribution in [3.05, 3.63) is 71.8 Å². The number of nitrogens with one attached hydrogen (secondary N) is 1. The summed E-state index contributed by atoms with van der Waals surface area (Å²) in [6.07, 6.45) is 0.549. The van der Waals surface area contributed by atoms with Crippen LogP contribution in [-0.2, 0) is 6.54 Å². The number of amidine groups is 1. The van der Waals surface area contributed by atoms with Crippen LogP contribution in [0.3, 0.4) is 0 Å². The smallest absolute Gasteiger partial charge is 0.0924 e. The Morgan fingerprint density at radius 1 is 1.05 bits per heavy atom. The largest absolute Gasteiger partial charge is 0.388 e. The first kappa shape index (κ1) is 14.3. The van der Waals surface area contributed by atoms with Gasteiger partial charge in [0.15, 0.2) is 0 Å². The highest BCUT2D eigenvalue weighted by atomic mass is 15.1. The third kappa shape index (κ3) is 3.93. The molecule has 0 saturated carbocycles. The Balaban J connectivity index is 2.16. The first-order valence-electron chi connectivity index (χ1n) is 6.79. The highest BCUT2D eigenvalue weighted by Crippen LogP contribution is 2.24. The Labute approximate surface area is 120 Å². The summed E-state index contributed by atoms with van der Waals surface area (Å²) >= 11 is 0. The molecule has 3 heteroatoms. The van der Waals surface area contributed by atoms with Crippen molar-refractivity contribution < 1.29 is 0 Å². The lowest BCUT2D eigenvalue weighted by atomic mass is 10.0. The molecular formula is C17H21N3. The number of rotatable bonds is 6.